The summed E-state index contributed by atoms with van der Waals surface area (Å²) in [5, 5.41) is 12.9. The first-order valence-electron chi connectivity index (χ1n) is 5.77. The molecule has 16 heavy (non-hydrogen) atoms. The maximum absolute atomic E-state index is 9.40. The van der Waals surface area contributed by atoms with Crippen molar-refractivity contribution in [2.24, 2.45) is 0 Å². The Morgan fingerprint density at radius 3 is 2.75 bits per heavy atom. The van der Waals surface area contributed by atoms with Gasteiger partial charge < -0.3 is 10.4 Å². The molecule has 0 spiro atoms. The highest BCUT2D eigenvalue weighted by Crippen LogP contribution is 2.18. The maximum atomic E-state index is 9.40. The minimum absolute atomic E-state index is 0.0814. The summed E-state index contributed by atoms with van der Waals surface area (Å²) in [6.07, 6.45) is 3.89. The molecule has 0 bridgehead atoms. The van der Waals surface area contributed by atoms with Gasteiger partial charge in [0.2, 0.25) is 0 Å². The minimum atomic E-state index is -0.0814. The van der Waals surface area contributed by atoms with Crippen molar-refractivity contribution in [2.45, 2.75) is 44.4 Å². The number of aliphatic hydroxyl groups is 1. The number of nitrogens with one attached hydrogen (secondary N) is 1. The van der Waals surface area contributed by atoms with Crippen LogP contribution in [0.25, 0.3) is 0 Å². The number of rotatable bonds is 3. The van der Waals surface area contributed by atoms with E-state index in [1.54, 1.807) is 0 Å². The van der Waals surface area contributed by atoms with E-state index in [0.717, 1.165) is 42.5 Å². The number of hydrogen-bond acceptors (Lipinski definition) is 3. The second-order valence-electron chi connectivity index (χ2n) is 4.34. The fourth-order valence-electron chi connectivity index (χ4n) is 2.08. The standard InChI is InChI=1S/C12H17BrN2O/c13-12-3-1-2-10(15-12)8-14-9-4-6-11(16)7-5-9/h1-3,9,11,14,16H,4-8H2. The molecule has 0 unspecified atom stereocenters. The second kappa shape index (κ2) is 5.75. The normalized spacial score (nSPS) is 25.6. The molecule has 0 radical (unpaired) electrons. The second-order valence-corrected chi connectivity index (χ2v) is 5.15. The van der Waals surface area contributed by atoms with Crippen LogP contribution in [0.4, 0.5) is 0 Å². The van der Waals surface area contributed by atoms with Gasteiger partial charge in [-0.3, -0.25) is 0 Å². The van der Waals surface area contributed by atoms with Crippen molar-refractivity contribution in [1.82, 2.24) is 10.3 Å². The quantitative estimate of drug-likeness (QED) is 0.837. The average molecular weight is 285 g/mol. The van der Waals surface area contributed by atoms with Gasteiger partial charge in [0, 0.05) is 12.6 Å². The summed E-state index contributed by atoms with van der Waals surface area (Å²) < 4.78 is 0.880. The predicted octanol–water partition coefficient (Wildman–Crippen LogP) is 2.24. The van der Waals surface area contributed by atoms with Crippen LogP contribution in [0.3, 0.4) is 0 Å². The molecule has 0 aromatic carbocycles. The molecule has 3 nitrogen and oxygen atoms in total. The molecule has 1 aliphatic rings. The Morgan fingerprint density at radius 2 is 2.06 bits per heavy atom. The molecule has 1 aromatic heterocycles. The van der Waals surface area contributed by atoms with Crippen LogP contribution in [0.1, 0.15) is 31.4 Å². The minimum Gasteiger partial charge on any atom is -0.393 e. The highest BCUT2D eigenvalue weighted by atomic mass is 79.9. The van der Waals surface area contributed by atoms with Crippen LogP contribution in [0.2, 0.25) is 0 Å². The van der Waals surface area contributed by atoms with Crippen molar-refractivity contribution in [3.63, 3.8) is 0 Å². The molecular weight excluding hydrogens is 268 g/mol. The van der Waals surface area contributed by atoms with E-state index < -0.39 is 0 Å². The van der Waals surface area contributed by atoms with E-state index in [0.29, 0.717) is 6.04 Å². The fourth-order valence-corrected chi connectivity index (χ4v) is 2.46. The molecule has 0 atom stereocenters. The van der Waals surface area contributed by atoms with E-state index in [1.807, 2.05) is 18.2 Å². The smallest absolute Gasteiger partial charge is 0.106 e. The predicted molar refractivity (Wildman–Crippen MR) is 67.0 cm³/mol. The summed E-state index contributed by atoms with van der Waals surface area (Å²) >= 11 is 3.36. The first-order chi connectivity index (χ1) is 7.74. The first kappa shape index (κ1) is 12.0. The third kappa shape index (κ3) is 3.54. The van der Waals surface area contributed by atoms with Gasteiger partial charge in [-0.2, -0.15) is 0 Å². The lowest BCUT2D eigenvalue weighted by Gasteiger charge is -2.26. The molecule has 1 aliphatic carbocycles. The molecule has 0 amide bonds. The zero-order valence-corrected chi connectivity index (χ0v) is 10.8. The van der Waals surface area contributed by atoms with E-state index in [9.17, 15) is 5.11 Å². The lowest BCUT2D eigenvalue weighted by atomic mass is 9.93. The molecule has 1 fully saturated rings. The highest BCUT2D eigenvalue weighted by molar-refractivity contribution is 9.10. The van der Waals surface area contributed by atoms with E-state index >= 15 is 0 Å². The van der Waals surface area contributed by atoms with E-state index in [-0.39, 0.29) is 6.10 Å². The lowest BCUT2D eigenvalue weighted by molar-refractivity contribution is 0.116. The number of halogens is 1. The maximum Gasteiger partial charge on any atom is 0.106 e. The molecule has 1 aromatic rings. The molecule has 0 aliphatic heterocycles. The lowest BCUT2D eigenvalue weighted by Crippen LogP contribution is -2.34. The van der Waals surface area contributed by atoms with Crippen molar-refractivity contribution in [3.8, 4) is 0 Å². The van der Waals surface area contributed by atoms with Gasteiger partial charge in [0.1, 0.15) is 4.60 Å². The van der Waals surface area contributed by atoms with Gasteiger partial charge in [0.15, 0.2) is 0 Å². The Balaban J connectivity index is 1.79. The zero-order valence-electron chi connectivity index (χ0n) is 9.19. The molecule has 2 rings (SSSR count). The summed E-state index contributed by atoms with van der Waals surface area (Å²) in [6.45, 7) is 0.806. The van der Waals surface area contributed by atoms with Crippen LogP contribution in [0.15, 0.2) is 22.8 Å². The Kier molecular flexibility index (Phi) is 4.32. The number of nitrogens with zero attached hydrogens (tertiary/aromatic N) is 1. The first-order valence-corrected chi connectivity index (χ1v) is 6.56. The average Bonchev–Trinajstić information content (AvgIpc) is 2.28. The number of hydrogen-bond donors (Lipinski definition) is 2. The Hall–Kier alpha value is -0.450. The summed E-state index contributed by atoms with van der Waals surface area (Å²) in [5.41, 5.74) is 1.06. The Morgan fingerprint density at radius 1 is 1.31 bits per heavy atom. The van der Waals surface area contributed by atoms with Gasteiger partial charge in [-0.1, -0.05) is 6.07 Å². The number of pyridine rings is 1. The van der Waals surface area contributed by atoms with E-state index in [2.05, 4.69) is 26.2 Å². The van der Waals surface area contributed by atoms with Crippen molar-refractivity contribution in [3.05, 3.63) is 28.5 Å². The highest BCUT2D eigenvalue weighted by Gasteiger charge is 2.18. The van der Waals surface area contributed by atoms with Gasteiger partial charge in [-0.15, -0.1) is 0 Å². The van der Waals surface area contributed by atoms with Crippen molar-refractivity contribution in [2.75, 3.05) is 0 Å². The van der Waals surface area contributed by atoms with Crippen molar-refractivity contribution < 1.29 is 5.11 Å². The Bertz CT molecular complexity index is 338. The van der Waals surface area contributed by atoms with Gasteiger partial charge in [0.05, 0.1) is 11.8 Å². The molecule has 2 N–H and O–H groups in total. The summed E-state index contributed by atoms with van der Waals surface area (Å²) in [6, 6.07) is 6.48. The van der Waals surface area contributed by atoms with Crippen LogP contribution in [0, 0.1) is 0 Å². The summed E-state index contributed by atoms with van der Waals surface area (Å²) in [4.78, 5) is 4.38. The van der Waals surface area contributed by atoms with Crippen LogP contribution in [-0.2, 0) is 6.54 Å². The van der Waals surface area contributed by atoms with Crippen LogP contribution in [-0.4, -0.2) is 22.2 Å². The van der Waals surface area contributed by atoms with Crippen molar-refractivity contribution >= 4 is 15.9 Å². The van der Waals surface area contributed by atoms with Crippen LogP contribution < -0.4 is 5.32 Å². The molecule has 88 valence electrons. The molecule has 1 saturated carbocycles. The van der Waals surface area contributed by atoms with Gasteiger partial charge in [-0.05, 0) is 53.7 Å². The van der Waals surface area contributed by atoms with Crippen molar-refractivity contribution in [1.29, 1.82) is 0 Å². The molecular formula is C12H17BrN2O. The zero-order chi connectivity index (χ0) is 11.4. The number of aromatic nitrogens is 1. The van der Waals surface area contributed by atoms with Gasteiger partial charge in [-0.25, -0.2) is 4.98 Å². The fraction of sp³-hybridized carbons (Fsp3) is 0.583. The number of aliphatic hydroxyl groups excluding tert-OH is 1. The van der Waals surface area contributed by atoms with Crippen LogP contribution in [0.5, 0.6) is 0 Å². The molecule has 4 heteroatoms. The SMILES string of the molecule is OC1CCC(NCc2cccc(Br)n2)CC1. The molecule has 0 saturated heterocycles. The summed E-state index contributed by atoms with van der Waals surface area (Å²) in [5.74, 6) is 0. The Labute approximate surface area is 104 Å². The van der Waals surface area contributed by atoms with Gasteiger partial charge >= 0.3 is 0 Å². The summed E-state index contributed by atoms with van der Waals surface area (Å²) in [7, 11) is 0. The monoisotopic (exact) mass is 284 g/mol. The van der Waals surface area contributed by atoms with E-state index in [4.69, 9.17) is 0 Å². The topological polar surface area (TPSA) is 45.1 Å². The third-order valence-electron chi connectivity index (χ3n) is 3.04. The van der Waals surface area contributed by atoms with E-state index in [1.165, 1.54) is 0 Å². The van der Waals surface area contributed by atoms with Crippen LogP contribution >= 0.6 is 15.9 Å². The van der Waals surface area contributed by atoms with Gasteiger partial charge in [0.25, 0.3) is 0 Å². The third-order valence-corrected chi connectivity index (χ3v) is 3.48. The largest absolute Gasteiger partial charge is 0.393 e. The molecule has 1 heterocycles.